The fraction of sp³-hybridized carbons (Fsp3) is 0.250. The quantitative estimate of drug-likeness (QED) is 0.784. The van der Waals surface area contributed by atoms with Gasteiger partial charge in [0.25, 0.3) is 0 Å². The number of carbonyl (C=O) groups excluding carboxylic acids is 1. The summed E-state index contributed by atoms with van der Waals surface area (Å²) in [4.78, 5) is 18.7. The molecule has 26 heavy (non-hydrogen) atoms. The molecule has 0 radical (unpaired) electrons. The van der Waals surface area contributed by atoms with Crippen molar-refractivity contribution in [3.63, 3.8) is 0 Å². The first kappa shape index (κ1) is 16.3. The summed E-state index contributed by atoms with van der Waals surface area (Å²) in [7, 11) is 0. The average molecular weight is 348 g/mol. The van der Waals surface area contributed by atoms with Crippen LogP contribution in [0.1, 0.15) is 23.8 Å². The smallest absolute Gasteiger partial charge is 0.317 e. The molecule has 0 bridgehead atoms. The number of carbonyl (C=O) groups is 1. The van der Waals surface area contributed by atoms with Crippen molar-refractivity contribution in [2.75, 3.05) is 13.1 Å². The Balaban J connectivity index is 1.35. The predicted octanol–water partition coefficient (Wildman–Crippen LogP) is 3.44. The molecule has 1 aliphatic rings. The molecule has 0 saturated carbocycles. The first-order chi connectivity index (χ1) is 12.8. The highest BCUT2D eigenvalue weighted by Crippen LogP contribution is 2.27. The molecule has 0 spiro atoms. The van der Waals surface area contributed by atoms with E-state index in [1.807, 2.05) is 60.7 Å². The predicted molar refractivity (Wildman–Crippen MR) is 97.3 cm³/mol. The van der Waals surface area contributed by atoms with Crippen LogP contribution in [0.5, 0.6) is 0 Å². The van der Waals surface area contributed by atoms with E-state index in [-0.39, 0.29) is 11.9 Å². The molecule has 1 atom stereocenters. The van der Waals surface area contributed by atoms with Gasteiger partial charge in [-0.1, -0.05) is 65.8 Å². The Bertz CT molecular complexity index is 864. The summed E-state index contributed by atoms with van der Waals surface area (Å²) >= 11 is 0. The number of aromatic nitrogens is 2. The molecule has 1 unspecified atom stereocenters. The van der Waals surface area contributed by atoms with Crippen molar-refractivity contribution in [1.29, 1.82) is 0 Å². The van der Waals surface area contributed by atoms with Gasteiger partial charge in [-0.25, -0.2) is 4.79 Å². The van der Waals surface area contributed by atoms with Crippen molar-refractivity contribution in [2.45, 2.75) is 18.9 Å². The molecule has 132 valence electrons. The zero-order valence-electron chi connectivity index (χ0n) is 14.3. The third-order valence-corrected chi connectivity index (χ3v) is 4.58. The third-order valence-electron chi connectivity index (χ3n) is 4.58. The molecule has 6 heteroatoms. The fourth-order valence-electron chi connectivity index (χ4n) is 3.14. The van der Waals surface area contributed by atoms with Gasteiger partial charge in [0, 0.05) is 25.2 Å². The molecule has 1 fully saturated rings. The Morgan fingerprint density at radius 2 is 1.85 bits per heavy atom. The van der Waals surface area contributed by atoms with Crippen molar-refractivity contribution in [3.8, 4) is 11.4 Å². The van der Waals surface area contributed by atoms with E-state index < -0.39 is 0 Å². The van der Waals surface area contributed by atoms with Crippen molar-refractivity contribution in [3.05, 3.63) is 72.1 Å². The molecule has 6 nitrogen and oxygen atoms in total. The molecule has 4 rings (SSSR count). The van der Waals surface area contributed by atoms with Crippen molar-refractivity contribution < 1.29 is 9.32 Å². The standard InChI is InChI=1S/C20H20N4O2/c25-20(21-13-15-7-3-1-4-8-15)24-12-11-17(14-24)19-22-18(23-26-19)16-9-5-2-6-10-16/h1-10,17H,11-14H2,(H,21,25). The number of hydrogen-bond acceptors (Lipinski definition) is 4. The number of urea groups is 1. The van der Waals surface area contributed by atoms with Crippen LogP contribution in [0.4, 0.5) is 4.79 Å². The minimum atomic E-state index is -0.0563. The van der Waals surface area contributed by atoms with E-state index >= 15 is 0 Å². The van der Waals surface area contributed by atoms with Crippen LogP contribution in [-0.2, 0) is 6.54 Å². The summed E-state index contributed by atoms with van der Waals surface area (Å²) < 4.78 is 5.44. The first-order valence-corrected chi connectivity index (χ1v) is 8.75. The Morgan fingerprint density at radius 3 is 2.62 bits per heavy atom. The fourth-order valence-corrected chi connectivity index (χ4v) is 3.14. The average Bonchev–Trinajstić information content (AvgIpc) is 3.37. The van der Waals surface area contributed by atoms with E-state index in [0.29, 0.717) is 31.3 Å². The van der Waals surface area contributed by atoms with Crippen molar-refractivity contribution in [1.82, 2.24) is 20.4 Å². The van der Waals surface area contributed by atoms with Gasteiger partial charge in [0.1, 0.15) is 0 Å². The van der Waals surface area contributed by atoms with E-state index in [0.717, 1.165) is 17.5 Å². The van der Waals surface area contributed by atoms with E-state index in [2.05, 4.69) is 15.5 Å². The van der Waals surface area contributed by atoms with Crippen LogP contribution >= 0.6 is 0 Å². The molecule has 1 N–H and O–H groups in total. The lowest BCUT2D eigenvalue weighted by Crippen LogP contribution is -2.37. The van der Waals surface area contributed by atoms with Crippen molar-refractivity contribution >= 4 is 6.03 Å². The lowest BCUT2D eigenvalue weighted by Gasteiger charge is -2.16. The minimum absolute atomic E-state index is 0.0563. The monoisotopic (exact) mass is 348 g/mol. The molecule has 2 amide bonds. The number of nitrogens with zero attached hydrogens (tertiary/aromatic N) is 3. The molecule has 1 saturated heterocycles. The van der Waals surface area contributed by atoms with Gasteiger partial charge in [0.05, 0.1) is 5.92 Å². The third kappa shape index (κ3) is 3.59. The van der Waals surface area contributed by atoms with Crippen LogP contribution in [0.15, 0.2) is 65.2 Å². The van der Waals surface area contributed by atoms with Gasteiger partial charge in [-0.3, -0.25) is 0 Å². The Hall–Kier alpha value is -3.15. The number of rotatable bonds is 4. The largest absolute Gasteiger partial charge is 0.339 e. The zero-order valence-corrected chi connectivity index (χ0v) is 14.3. The number of nitrogens with one attached hydrogen (secondary N) is 1. The lowest BCUT2D eigenvalue weighted by atomic mass is 10.1. The van der Waals surface area contributed by atoms with Crippen LogP contribution in [0.3, 0.4) is 0 Å². The molecular weight excluding hydrogens is 328 g/mol. The number of benzene rings is 2. The van der Waals surface area contributed by atoms with E-state index in [1.54, 1.807) is 4.90 Å². The first-order valence-electron chi connectivity index (χ1n) is 8.75. The highest BCUT2D eigenvalue weighted by molar-refractivity contribution is 5.74. The summed E-state index contributed by atoms with van der Waals surface area (Å²) in [5, 5.41) is 7.04. The van der Waals surface area contributed by atoms with Crippen LogP contribution < -0.4 is 5.32 Å². The topological polar surface area (TPSA) is 71.3 Å². The van der Waals surface area contributed by atoms with E-state index in [1.165, 1.54) is 0 Å². The minimum Gasteiger partial charge on any atom is -0.339 e. The molecule has 1 aliphatic heterocycles. The Morgan fingerprint density at radius 1 is 1.12 bits per heavy atom. The Labute approximate surface area is 151 Å². The summed E-state index contributed by atoms with van der Waals surface area (Å²) in [6, 6.07) is 19.6. The van der Waals surface area contributed by atoms with Crippen molar-refractivity contribution in [2.24, 2.45) is 0 Å². The van der Waals surface area contributed by atoms with Gasteiger partial charge in [-0.05, 0) is 12.0 Å². The Kier molecular flexibility index (Phi) is 4.64. The van der Waals surface area contributed by atoms with E-state index in [4.69, 9.17) is 4.52 Å². The van der Waals surface area contributed by atoms with Gasteiger partial charge >= 0.3 is 6.03 Å². The number of hydrogen-bond donors (Lipinski definition) is 1. The van der Waals surface area contributed by atoms with Crippen LogP contribution in [0.25, 0.3) is 11.4 Å². The number of amides is 2. The lowest BCUT2D eigenvalue weighted by molar-refractivity contribution is 0.207. The van der Waals surface area contributed by atoms with Gasteiger partial charge in [0.15, 0.2) is 0 Å². The zero-order chi connectivity index (χ0) is 17.8. The summed E-state index contributed by atoms with van der Waals surface area (Å²) in [5.74, 6) is 1.28. The van der Waals surface area contributed by atoms with Gasteiger partial charge in [-0.2, -0.15) is 4.98 Å². The van der Waals surface area contributed by atoms with Crippen LogP contribution in [0.2, 0.25) is 0 Å². The maximum Gasteiger partial charge on any atom is 0.317 e. The van der Waals surface area contributed by atoms with Gasteiger partial charge < -0.3 is 14.7 Å². The maximum atomic E-state index is 12.4. The molecule has 3 aromatic rings. The highest BCUT2D eigenvalue weighted by atomic mass is 16.5. The number of likely N-dealkylation sites (tertiary alicyclic amines) is 1. The molecule has 2 aromatic carbocycles. The molecule has 0 aliphatic carbocycles. The second-order valence-electron chi connectivity index (χ2n) is 6.40. The maximum absolute atomic E-state index is 12.4. The SMILES string of the molecule is O=C(NCc1ccccc1)N1CCC(c2nc(-c3ccccc3)no2)C1. The summed E-state index contributed by atoms with van der Waals surface area (Å²) in [6.45, 7) is 1.81. The summed E-state index contributed by atoms with van der Waals surface area (Å²) in [5.41, 5.74) is 2.01. The second-order valence-corrected chi connectivity index (χ2v) is 6.40. The molecule has 2 heterocycles. The van der Waals surface area contributed by atoms with Crippen LogP contribution in [0, 0.1) is 0 Å². The second kappa shape index (κ2) is 7.39. The van der Waals surface area contributed by atoms with Crippen LogP contribution in [-0.4, -0.2) is 34.2 Å². The molecular formula is C20H20N4O2. The normalized spacial score (nSPS) is 16.6. The van der Waals surface area contributed by atoms with Gasteiger partial charge in [-0.15, -0.1) is 0 Å². The highest BCUT2D eigenvalue weighted by Gasteiger charge is 2.31. The van der Waals surface area contributed by atoms with Gasteiger partial charge in [0.2, 0.25) is 11.7 Å². The summed E-state index contributed by atoms with van der Waals surface area (Å²) in [6.07, 6.45) is 0.829. The molecule has 1 aromatic heterocycles. The van der Waals surface area contributed by atoms with E-state index in [9.17, 15) is 4.79 Å².